The molecule has 1 aromatic rings. The first-order valence-electron chi connectivity index (χ1n) is 11.7. The summed E-state index contributed by atoms with van der Waals surface area (Å²) in [4.78, 5) is 17.4. The molecule has 0 radical (unpaired) electrons. The molecule has 9 heteroatoms. The minimum absolute atomic E-state index is 0.209. The van der Waals surface area contributed by atoms with Gasteiger partial charge in [0.05, 0.1) is 18.9 Å². The van der Waals surface area contributed by atoms with Crippen LogP contribution in [-0.2, 0) is 19.5 Å². The maximum absolute atomic E-state index is 13.7. The summed E-state index contributed by atoms with van der Waals surface area (Å²) in [5.41, 5.74) is 1.10. The molecule has 3 rings (SSSR count). The van der Waals surface area contributed by atoms with E-state index in [0.29, 0.717) is 50.6 Å². The summed E-state index contributed by atoms with van der Waals surface area (Å²) in [5, 5.41) is 0. The maximum Gasteiger partial charge on any atom is 0.254 e. The first-order valence-corrected chi connectivity index (χ1v) is 13.1. The zero-order valence-electron chi connectivity index (χ0n) is 19.4. The van der Waals surface area contributed by atoms with Gasteiger partial charge in [-0.2, -0.15) is 4.31 Å². The van der Waals surface area contributed by atoms with Gasteiger partial charge < -0.3 is 19.3 Å². The third-order valence-electron chi connectivity index (χ3n) is 6.25. The van der Waals surface area contributed by atoms with Gasteiger partial charge in [0, 0.05) is 59.1 Å². The van der Waals surface area contributed by atoms with Crippen LogP contribution in [-0.4, -0.2) is 90.2 Å². The number of piperidine rings is 2. The normalized spacial score (nSPS) is 18.0. The topological polar surface area (TPSA) is 79.4 Å². The largest absolute Gasteiger partial charge is 0.383 e. The van der Waals surface area contributed by atoms with Crippen molar-refractivity contribution < 1.29 is 22.7 Å². The SMILES string of the molecule is COCCN(CCOC)C(=O)c1ccc(N2CCCCC2)c(S(=O)(=O)N2CCCCC2)c1. The van der Waals surface area contributed by atoms with Crippen molar-refractivity contribution in [2.24, 2.45) is 0 Å². The molecule has 32 heavy (non-hydrogen) atoms. The number of hydrogen-bond donors (Lipinski definition) is 0. The number of hydrogen-bond acceptors (Lipinski definition) is 6. The van der Waals surface area contributed by atoms with Crippen LogP contribution in [0.2, 0.25) is 0 Å². The number of benzene rings is 1. The molecule has 2 fully saturated rings. The molecule has 0 saturated carbocycles. The fraction of sp³-hybridized carbons (Fsp3) is 0.696. The van der Waals surface area contributed by atoms with Crippen molar-refractivity contribution in [1.29, 1.82) is 0 Å². The standard InChI is InChI=1S/C23H37N3O5S/c1-30-17-15-25(16-18-31-2)23(27)20-9-10-21(24-11-5-3-6-12-24)22(19-20)32(28,29)26-13-7-4-8-14-26/h9-10,19H,3-8,11-18H2,1-2H3. The van der Waals surface area contributed by atoms with Crippen LogP contribution >= 0.6 is 0 Å². The Morgan fingerprint density at radius 2 is 1.47 bits per heavy atom. The van der Waals surface area contributed by atoms with Crippen molar-refractivity contribution in [3.05, 3.63) is 23.8 Å². The lowest BCUT2D eigenvalue weighted by atomic mass is 10.1. The lowest BCUT2D eigenvalue weighted by molar-refractivity contribution is 0.0627. The predicted molar refractivity (Wildman–Crippen MR) is 125 cm³/mol. The van der Waals surface area contributed by atoms with E-state index in [2.05, 4.69) is 4.90 Å². The Balaban J connectivity index is 1.97. The van der Waals surface area contributed by atoms with Gasteiger partial charge in [-0.15, -0.1) is 0 Å². The maximum atomic E-state index is 13.7. The second-order valence-corrected chi connectivity index (χ2v) is 10.4. The van der Waals surface area contributed by atoms with Crippen molar-refractivity contribution in [2.45, 2.75) is 43.4 Å². The quantitative estimate of drug-likeness (QED) is 0.526. The van der Waals surface area contributed by atoms with Gasteiger partial charge in [-0.1, -0.05) is 6.42 Å². The Hall–Kier alpha value is -1.68. The Bertz CT molecular complexity index is 841. The molecule has 0 bridgehead atoms. The van der Waals surface area contributed by atoms with Gasteiger partial charge >= 0.3 is 0 Å². The van der Waals surface area contributed by atoms with Crippen LogP contribution in [0.1, 0.15) is 48.9 Å². The van der Waals surface area contributed by atoms with Gasteiger partial charge in [0.15, 0.2) is 0 Å². The fourth-order valence-electron chi connectivity index (χ4n) is 4.39. The van der Waals surface area contributed by atoms with Gasteiger partial charge in [-0.3, -0.25) is 4.79 Å². The van der Waals surface area contributed by atoms with Crippen molar-refractivity contribution in [1.82, 2.24) is 9.21 Å². The van der Waals surface area contributed by atoms with E-state index in [4.69, 9.17) is 9.47 Å². The van der Waals surface area contributed by atoms with Crippen molar-refractivity contribution in [3.63, 3.8) is 0 Å². The van der Waals surface area contributed by atoms with Crippen LogP contribution in [0, 0.1) is 0 Å². The van der Waals surface area contributed by atoms with Crippen LogP contribution in [0.15, 0.2) is 23.1 Å². The van der Waals surface area contributed by atoms with Gasteiger partial charge in [0.25, 0.3) is 5.91 Å². The number of nitrogens with zero attached hydrogens (tertiary/aromatic N) is 3. The number of carbonyl (C=O) groups is 1. The average molecular weight is 468 g/mol. The van der Waals surface area contributed by atoms with E-state index in [1.54, 1.807) is 35.6 Å². The second kappa shape index (κ2) is 12.0. The number of rotatable bonds is 10. The van der Waals surface area contributed by atoms with E-state index in [1.807, 2.05) is 6.07 Å². The number of ether oxygens (including phenoxy) is 2. The third-order valence-corrected chi connectivity index (χ3v) is 8.18. The molecule has 0 unspecified atom stereocenters. The van der Waals surface area contributed by atoms with Crippen LogP contribution < -0.4 is 4.90 Å². The van der Waals surface area contributed by atoms with E-state index < -0.39 is 10.0 Å². The van der Waals surface area contributed by atoms with Gasteiger partial charge in [0.2, 0.25) is 10.0 Å². The second-order valence-electron chi connectivity index (χ2n) is 8.47. The minimum atomic E-state index is -3.69. The van der Waals surface area contributed by atoms with E-state index in [-0.39, 0.29) is 10.8 Å². The zero-order valence-corrected chi connectivity index (χ0v) is 20.2. The summed E-state index contributed by atoms with van der Waals surface area (Å²) in [6.07, 6.45) is 6.06. The molecular weight excluding hydrogens is 430 g/mol. The van der Waals surface area contributed by atoms with Crippen LogP contribution in [0.25, 0.3) is 0 Å². The molecule has 8 nitrogen and oxygen atoms in total. The Morgan fingerprint density at radius 3 is 2.03 bits per heavy atom. The molecule has 0 spiro atoms. The van der Waals surface area contributed by atoms with Gasteiger partial charge in [-0.05, 0) is 50.3 Å². The highest BCUT2D eigenvalue weighted by Gasteiger charge is 2.31. The highest BCUT2D eigenvalue weighted by atomic mass is 32.2. The molecule has 2 heterocycles. The predicted octanol–water partition coefficient (Wildman–Crippen LogP) is 2.59. The Morgan fingerprint density at radius 1 is 0.906 bits per heavy atom. The number of carbonyl (C=O) groups excluding carboxylic acids is 1. The minimum Gasteiger partial charge on any atom is -0.383 e. The Kier molecular flexibility index (Phi) is 9.34. The summed E-state index contributed by atoms with van der Waals surface area (Å²) < 4.78 is 39.2. The molecule has 0 aromatic heterocycles. The molecule has 0 aliphatic carbocycles. The van der Waals surface area contributed by atoms with E-state index >= 15 is 0 Å². The van der Waals surface area contributed by atoms with E-state index in [0.717, 1.165) is 51.6 Å². The number of amides is 1. The lowest BCUT2D eigenvalue weighted by Crippen LogP contribution is -2.38. The zero-order chi connectivity index (χ0) is 23.0. The summed E-state index contributed by atoms with van der Waals surface area (Å²) >= 11 is 0. The lowest BCUT2D eigenvalue weighted by Gasteiger charge is -2.33. The molecule has 1 amide bonds. The summed E-state index contributed by atoms with van der Waals surface area (Å²) in [5.74, 6) is -0.209. The number of anilines is 1. The van der Waals surface area contributed by atoms with Crippen molar-refractivity contribution >= 4 is 21.6 Å². The summed E-state index contributed by atoms with van der Waals surface area (Å²) in [6.45, 7) is 4.39. The molecule has 2 saturated heterocycles. The fourth-order valence-corrected chi connectivity index (χ4v) is 6.15. The number of sulfonamides is 1. The molecule has 0 atom stereocenters. The van der Waals surface area contributed by atoms with Crippen molar-refractivity contribution in [2.75, 3.05) is 71.6 Å². The first-order chi connectivity index (χ1) is 15.5. The Labute approximate surface area is 192 Å². The first kappa shape index (κ1) is 25.0. The molecule has 180 valence electrons. The highest BCUT2D eigenvalue weighted by molar-refractivity contribution is 7.89. The molecule has 2 aliphatic heterocycles. The smallest absolute Gasteiger partial charge is 0.254 e. The van der Waals surface area contributed by atoms with Gasteiger partial charge in [-0.25, -0.2) is 8.42 Å². The van der Waals surface area contributed by atoms with Crippen LogP contribution in [0.5, 0.6) is 0 Å². The van der Waals surface area contributed by atoms with Crippen LogP contribution in [0.4, 0.5) is 5.69 Å². The molecule has 2 aliphatic rings. The third kappa shape index (κ3) is 6.01. The number of methoxy groups -OCH3 is 2. The van der Waals surface area contributed by atoms with Crippen molar-refractivity contribution in [3.8, 4) is 0 Å². The van der Waals surface area contributed by atoms with E-state index in [1.165, 1.54) is 0 Å². The summed E-state index contributed by atoms with van der Waals surface area (Å²) in [7, 11) is -0.500. The molecular formula is C23H37N3O5S. The van der Waals surface area contributed by atoms with Crippen LogP contribution in [0.3, 0.4) is 0 Å². The average Bonchev–Trinajstić information content (AvgIpc) is 2.84. The van der Waals surface area contributed by atoms with Gasteiger partial charge in [0.1, 0.15) is 4.90 Å². The highest BCUT2D eigenvalue weighted by Crippen LogP contribution is 2.32. The summed E-state index contributed by atoms with van der Waals surface area (Å²) in [6, 6.07) is 5.16. The van der Waals surface area contributed by atoms with E-state index in [9.17, 15) is 13.2 Å². The molecule has 0 N–H and O–H groups in total. The monoisotopic (exact) mass is 467 g/mol. The molecule has 1 aromatic carbocycles.